The number of hydrogen-bond donors (Lipinski definition) is 0. The van der Waals surface area contributed by atoms with Crippen molar-refractivity contribution >= 4 is 57.1 Å². The van der Waals surface area contributed by atoms with Crippen LogP contribution >= 0.6 is 39.1 Å². The molecule has 1 aliphatic rings. The summed E-state index contributed by atoms with van der Waals surface area (Å²) in [7, 11) is 0. The van der Waals surface area contributed by atoms with Crippen LogP contribution in [0.1, 0.15) is 23.6 Å². The number of cyclic esters (lactones) is 1. The molecule has 1 heterocycles. The first-order valence-corrected chi connectivity index (χ1v) is 11.6. The van der Waals surface area contributed by atoms with Gasteiger partial charge in [0, 0.05) is 9.50 Å². The van der Waals surface area contributed by atoms with Gasteiger partial charge in [0.2, 0.25) is 5.90 Å². The summed E-state index contributed by atoms with van der Waals surface area (Å²) in [5.41, 5.74) is 2.38. The molecular formula is C25H18BrCl2NO4. The minimum absolute atomic E-state index is 0.131. The van der Waals surface area contributed by atoms with Crippen LogP contribution in [0, 0.1) is 0 Å². The number of carbonyl (C=O) groups is 1. The van der Waals surface area contributed by atoms with Gasteiger partial charge in [0.05, 0.1) is 17.2 Å². The second-order valence-electron chi connectivity index (χ2n) is 7.02. The first kappa shape index (κ1) is 23.4. The smallest absolute Gasteiger partial charge is 0.363 e. The van der Waals surface area contributed by atoms with E-state index in [2.05, 4.69) is 20.9 Å². The van der Waals surface area contributed by atoms with Crippen molar-refractivity contribution in [3.63, 3.8) is 0 Å². The van der Waals surface area contributed by atoms with Gasteiger partial charge in [-0.3, -0.25) is 0 Å². The number of esters is 1. The lowest BCUT2D eigenvalue weighted by molar-refractivity contribution is -0.129. The molecule has 168 valence electrons. The third kappa shape index (κ3) is 5.77. The molecule has 0 unspecified atom stereocenters. The van der Waals surface area contributed by atoms with E-state index in [1.807, 2.05) is 37.3 Å². The van der Waals surface area contributed by atoms with Gasteiger partial charge in [-0.05, 0) is 66.6 Å². The predicted octanol–water partition coefficient (Wildman–Crippen LogP) is 7.08. The highest BCUT2D eigenvalue weighted by Crippen LogP contribution is 2.31. The second kappa shape index (κ2) is 10.4. The normalized spacial score (nSPS) is 14.2. The maximum Gasteiger partial charge on any atom is 0.363 e. The molecule has 0 saturated heterocycles. The number of nitrogens with zero attached hydrogens (tertiary/aromatic N) is 1. The molecule has 0 atom stereocenters. The molecule has 0 fully saturated rings. The molecule has 3 aromatic rings. The van der Waals surface area contributed by atoms with E-state index in [0.29, 0.717) is 45.9 Å². The Morgan fingerprint density at radius 1 is 1.03 bits per heavy atom. The van der Waals surface area contributed by atoms with Crippen molar-refractivity contribution in [2.45, 2.75) is 13.5 Å². The fraction of sp³-hybridized carbons (Fsp3) is 0.120. The zero-order valence-electron chi connectivity index (χ0n) is 17.5. The van der Waals surface area contributed by atoms with Crippen molar-refractivity contribution in [2.75, 3.05) is 6.61 Å². The molecule has 8 heteroatoms. The van der Waals surface area contributed by atoms with Gasteiger partial charge in [-0.1, -0.05) is 57.3 Å². The summed E-state index contributed by atoms with van der Waals surface area (Å²) in [6, 6.07) is 18.2. The average Bonchev–Trinajstić information content (AvgIpc) is 3.13. The SMILES string of the molecule is CCOc1cc(/C=C2\N=C(c3ccc(Cl)cc3Cl)OC2=O)ccc1OCc1cccc(Br)c1. The maximum absolute atomic E-state index is 12.4. The van der Waals surface area contributed by atoms with E-state index >= 15 is 0 Å². The fourth-order valence-electron chi connectivity index (χ4n) is 3.13. The Balaban J connectivity index is 1.57. The van der Waals surface area contributed by atoms with E-state index in [1.165, 1.54) is 0 Å². The average molecular weight is 547 g/mol. The third-order valence-electron chi connectivity index (χ3n) is 4.64. The molecule has 1 aliphatic heterocycles. The van der Waals surface area contributed by atoms with Gasteiger partial charge in [-0.25, -0.2) is 9.79 Å². The van der Waals surface area contributed by atoms with Crippen LogP contribution in [0.25, 0.3) is 6.08 Å². The molecule has 0 aliphatic carbocycles. The van der Waals surface area contributed by atoms with E-state index < -0.39 is 5.97 Å². The fourth-order valence-corrected chi connectivity index (χ4v) is 4.07. The van der Waals surface area contributed by atoms with Crippen LogP contribution < -0.4 is 9.47 Å². The van der Waals surface area contributed by atoms with E-state index in [4.69, 9.17) is 37.4 Å². The summed E-state index contributed by atoms with van der Waals surface area (Å²) in [5.74, 6) is 0.735. The minimum Gasteiger partial charge on any atom is -0.490 e. The minimum atomic E-state index is -0.566. The summed E-state index contributed by atoms with van der Waals surface area (Å²) in [5, 5.41) is 0.830. The molecule has 0 spiro atoms. The highest BCUT2D eigenvalue weighted by atomic mass is 79.9. The third-order valence-corrected chi connectivity index (χ3v) is 5.68. The molecule has 0 bridgehead atoms. The Hall–Kier alpha value is -2.80. The number of ether oxygens (including phenoxy) is 3. The number of benzene rings is 3. The van der Waals surface area contributed by atoms with Gasteiger partial charge in [0.15, 0.2) is 17.2 Å². The van der Waals surface area contributed by atoms with Crippen LogP contribution in [0.3, 0.4) is 0 Å². The first-order chi connectivity index (χ1) is 15.9. The summed E-state index contributed by atoms with van der Waals surface area (Å²) in [6.45, 7) is 2.75. The lowest BCUT2D eigenvalue weighted by atomic mass is 10.1. The van der Waals surface area contributed by atoms with Crippen molar-refractivity contribution in [1.82, 2.24) is 0 Å². The van der Waals surface area contributed by atoms with Gasteiger partial charge in [0.25, 0.3) is 0 Å². The Labute approximate surface area is 209 Å². The summed E-state index contributed by atoms with van der Waals surface area (Å²) < 4.78 is 18.0. The number of aliphatic imine (C=N–C) groups is 1. The first-order valence-electron chi connectivity index (χ1n) is 10.0. The molecule has 5 nitrogen and oxygen atoms in total. The standard InChI is InChI=1S/C25H18BrCl2NO4/c1-2-31-23-12-15(6-9-22(23)32-14-16-4-3-5-17(26)10-16)11-21-25(30)33-24(29-21)19-8-7-18(27)13-20(19)28/h3-13H,2,14H2,1H3/b21-11-. The van der Waals surface area contributed by atoms with Gasteiger partial charge < -0.3 is 14.2 Å². The molecule has 0 aromatic heterocycles. The maximum atomic E-state index is 12.4. The molecule has 33 heavy (non-hydrogen) atoms. The van der Waals surface area contributed by atoms with Gasteiger partial charge >= 0.3 is 5.97 Å². The zero-order valence-corrected chi connectivity index (χ0v) is 20.6. The summed E-state index contributed by atoms with van der Waals surface area (Å²) in [4.78, 5) is 16.7. The highest BCUT2D eigenvalue weighted by Gasteiger charge is 2.25. The Bertz CT molecular complexity index is 1270. The van der Waals surface area contributed by atoms with Crippen LogP contribution in [0.2, 0.25) is 10.0 Å². The van der Waals surface area contributed by atoms with Crippen LogP contribution in [0.5, 0.6) is 11.5 Å². The molecule has 0 amide bonds. The number of rotatable bonds is 7. The van der Waals surface area contributed by atoms with Crippen molar-refractivity contribution in [2.24, 2.45) is 4.99 Å². The van der Waals surface area contributed by atoms with Crippen LogP contribution in [0.4, 0.5) is 0 Å². The van der Waals surface area contributed by atoms with Gasteiger partial charge in [-0.2, -0.15) is 0 Å². The van der Waals surface area contributed by atoms with Crippen LogP contribution in [-0.4, -0.2) is 18.5 Å². The molecule has 0 saturated carbocycles. The Kier molecular flexibility index (Phi) is 7.38. The van der Waals surface area contributed by atoms with Crippen molar-refractivity contribution in [1.29, 1.82) is 0 Å². The lowest BCUT2D eigenvalue weighted by Crippen LogP contribution is -2.05. The van der Waals surface area contributed by atoms with E-state index in [1.54, 1.807) is 36.4 Å². The molecule has 4 rings (SSSR count). The zero-order chi connectivity index (χ0) is 23.4. The van der Waals surface area contributed by atoms with Crippen molar-refractivity contribution in [3.05, 3.63) is 97.6 Å². The lowest BCUT2D eigenvalue weighted by Gasteiger charge is -2.13. The number of halogens is 3. The molecule has 3 aromatic carbocycles. The number of carbonyl (C=O) groups excluding carboxylic acids is 1. The van der Waals surface area contributed by atoms with E-state index in [0.717, 1.165) is 10.0 Å². The quantitative estimate of drug-likeness (QED) is 0.235. The highest BCUT2D eigenvalue weighted by molar-refractivity contribution is 9.10. The number of hydrogen-bond acceptors (Lipinski definition) is 5. The second-order valence-corrected chi connectivity index (χ2v) is 8.78. The summed E-state index contributed by atoms with van der Waals surface area (Å²) >= 11 is 15.6. The van der Waals surface area contributed by atoms with Gasteiger partial charge in [-0.15, -0.1) is 0 Å². The van der Waals surface area contributed by atoms with Crippen molar-refractivity contribution in [3.8, 4) is 11.5 Å². The topological polar surface area (TPSA) is 57.1 Å². The Morgan fingerprint density at radius 2 is 1.88 bits per heavy atom. The van der Waals surface area contributed by atoms with Crippen molar-refractivity contribution < 1.29 is 19.0 Å². The van der Waals surface area contributed by atoms with Crippen LogP contribution in [-0.2, 0) is 16.1 Å². The van der Waals surface area contributed by atoms with Crippen LogP contribution in [0.15, 0.2) is 75.8 Å². The summed E-state index contributed by atoms with van der Waals surface area (Å²) in [6.07, 6.45) is 1.62. The monoisotopic (exact) mass is 545 g/mol. The predicted molar refractivity (Wildman–Crippen MR) is 133 cm³/mol. The van der Waals surface area contributed by atoms with Gasteiger partial charge in [0.1, 0.15) is 6.61 Å². The Morgan fingerprint density at radius 3 is 2.64 bits per heavy atom. The van der Waals surface area contributed by atoms with E-state index in [9.17, 15) is 4.79 Å². The molecule has 0 N–H and O–H groups in total. The van der Waals surface area contributed by atoms with E-state index in [-0.39, 0.29) is 11.6 Å². The molecule has 0 radical (unpaired) electrons. The molecular weight excluding hydrogens is 529 g/mol. The largest absolute Gasteiger partial charge is 0.490 e.